The van der Waals surface area contributed by atoms with Gasteiger partial charge in [-0.2, -0.15) is 5.10 Å². The van der Waals surface area contributed by atoms with Crippen molar-refractivity contribution < 1.29 is 49.2 Å². The number of amides is 1. The number of halogens is 5. The zero-order chi connectivity index (χ0) is 27.0. The molecule has 0 atom stereocenters. The van der Waals surface area contributed by atoms with Gasteiger partial charge in [0.05, 0.1) is 11.1 Å². The van der Waals surface area contributed by atoms with Gasteiger partial charge in [-0.15, -0.1) is 18.1 Å². The summed E-state index contributed by atoms with van der Waals surface area (Å²) in [4.78, 5) is 9.93. The van der Waals surface area contributed by atoms with Crippen LogP contribution >= 0.6 is 34.4 Å². The Balaban J connectivity index is 0.00000507. The minimum absolute atomic E-state index is 0. The van der Waals surface area contributed by atoms with Gasteiger partial charge in [-0.3, -0.25) is 4.79 Å². The summed E-state index contributed by atoms with van der Waals surface area (Å²) in [6, 6.07) is 12.7. The Morgan fingerprint density at radius 2 is 1.87 bits per heavy atom. The quantitative estimate of drug-likeness (QED) is 0.0840. The fourth-order valence-corrected chi connectivity index (χ4v) is 4.93. The molecule has 3 rings (SSSR count). The monoisotopic (exact) mass is 655 g/mol. The third kappa shape index (κ3) is 8.85. The van der Waals surface area contributed by atoms with Crippen molar-refractivity contribution in [3.63, 3.8) is 0 Å². The molecule has 38 heavy (non-hydrogen) atoms. The molecule has 0 heterocycles. The molecule has 0 spiro atoms. The summed E-state index contributed by atoms with van der Waals surface area (Å²) >= 11 is 7.19. The first-order valence-electron chi connectivity index (χ1n) is 11.2. The number of hydrazone groups is 1. The van der Waals surface area contributed by atoms with E-state index >= 15 is 0 Å². The van der Waals surface area contributed by atoms with Gasteiger partial charge in [0.25, 0.3) is 0 Å². The molecule has 0 unspecified atom stereocenters. The van der Waals surface area contributed by atoms with E-state index in [4.69, 9.17) is 23.2 Å². The van der Waals surface area contributed by atoms with Crippen molar-refractivity contribution in [1.82, 2.24) is 10.7 Å². The fraction of sp³-hybridized carbons (Fsp3) is 0.148. The SMILES string of the molecule is C=C(N[CH-]Cc1ccc(/C(C)=C(/C=N\NC=O)c2cccc(S(F)(F)F)c2)cc1)C1=C(Cl)CCC=C1Cl.[Y]. The predicted molar refractivity (Wildman–Crippen MR) is 149 cm³/mol. The molecule has 1 aliphatic rings. The molecule has 4 nitrogen and oxygen atoms in total. The van der Waals surface area contributed by atoms with Crippen LogP contribution in [0.1, 0.15) is 36.5 Å². The van der Waals surface area contributed by atoms with Gasteiger partial charge >= 0.3 is 0 Å². The zero-order valence-corrected chi connectivity index (χ0v) is 25.7. The Morgan fingerprint density at radius 3 is 2.50 bits per heavy atom. The van der Waals surface area contributed by atoms with E-state index in [1.54, 1.807) is 13.0 Å². The molecule has 2 N–H and O–H groups in total. The average molecular weight is 656 g/mol. The smallest absolute Gasteiger partial charge is 0.237 e. The number of nitrogens with zero attached hydrogens (tertiary/aromatic N) is 1. The van der Waals surface area contributed by atoms with Gasteiger partial charge in [-0.25, -0.2) is 12.0 Å². The van der Waals surface area contributed by atoms with Gasteiger partial charge in [0, 0.05) is 59.6 Å². The second-order valence-electron chi connectivity index (χ2n) is 8.08. The fourth-order valence-electron chi connectivity index (χ4n) is 3.73. The van der Waals surface area contributed by atoms with E-state index in [-0.39, 0.29) is 32.7 Å². The average Bonchev–Trinajstić information content (AvgIpc) is 2.86. The maximum Gasteiger partial charge on any atom is 0.237 e. The van der Waals surface area contributed by atoms with Crippen LogP contribution in [-0.2, 0) is 43.9 Å². The standard InChI is InChI=1S/C27H25Cl2F3N3OS.Y/c1-18(24(16-34-35-17-36)22-5-3-6-23(15-22)37(30,31)32)21-11-9-20(10-12-21)13-14-33-19(2)27-25(28)7-4-8-26(27)29;/h3,5-7,9-12,14-17,33H,2,4,8,13H2,1H3,(H,35,36);/q-1;/b24-18-,34-16-;. The summed E-state index contributed by atoms with van der Waals surface area (Å²) in [7, 11) is 0. The molecule has 199 valence electrons. The topological polar surface area (TPSA) is 53.5 Å². The Labute approximate surface area is 258 Å². The third-order valence-corrected chi connectivity index (χ3v) is 7.15. The number of carbonyl (C=O) groups excluding carboxylic acids is 1. The molecule has 1 aliphatic carbocycles. The molecule has 0 saturated heterocycles. The number of rotatable bonds is 11. The largest absolute Gasteiger partial charge is 0.535 e. The Kier molecular flexibility index (Phi) is 12.9. The molecule has 0 aromatic heterocycles. The molecule has 2 aromatic rings. The molecule has 0 saturated carbocycles. The van der Waals surface area contributed by atoms with Gasteiger partial charge in [0.1, 0.15) is 0 Å². The molecular weight excluding hydrogens is 631 g/mol. The van der Waals surface area contributed by atoms with Crippen LogP contribution in [-0.4, -0.2) is 12.6 Å². The summed E-state index contributed by atoms with van der Waals surface area (Å²) in [5, 5.41) is 8.21. The van der Waals surface area contributed by atoms with E-state index in [0.29, 0.717) is 45.3 Å². The summed E-state index contributed by atoms with van der Waals surface area (Å²) in [5.74, 6) is 0. The molecule has 0 fully saturated rings. The number of carbonyl (C=O) groups is 1. The van der Waals surface area contributed by atoms with Gasteiger partial charge in [0.15, 0.2) is 0 Å². The Morgan fingerprint density at radius 1 is 1.16 bits per heavy atom. The van der Waals surface area contributed by atoms with Gasteiger partial charge in [0.2, 0.25) is 17.6 Å². The molecule has 11 heteroatoms. The number of hydrogen-bond acceptors (Lipinski definition) is 3. The molecule has 0 aliphatic heterocycles. The van der Waals surface area contributed by atoms with Crippen molar-refractivity contribution in [3.05, 3.63) is 106 Å². The summed E-state index contributed by atoms with van der Waals surface area (Å²) in [6.45, 7) is 7.67. The van der Waals surface area contributed by atoms with Crippen molar-refractivity contribution in [2.45, 2.75) is 31.1 Å². The number of nitrogens with one attached hydrogen (secondary N) is 2. The summed E-state index contributed by atoms with van der Waals surface area (Å²) < 4.78 is 40.0. The molecule has 1 amide bonds. The number of hydrogen-bond donors (Lipinski definition) is 2. The van der Waals surface area contributed by atoms with E-state index in [2.05, 4.69) is 22.4 Å². The van der Waals surface area contributed by atoms with Crippen LogP contribution in [0.2, 0.25) is 0 Å². The van der Waals surface area contributed by atoms with Crippen LogP contribution in [0.25, 0.3) is 11.1 Å². The van der Waals surface area contributed by atoms with E-state index in [1.807, 2.05) is 36.9 Å². The summed E-state index contributed by atoms with van der Waals surface area (Å²) in [5.41, 5.74) is 6.82. The van der Waals surface area contributed by atoms with E-state index in [1.165, 1.54) is 12.3 Å². The first-order chi connectivity index (χ1) is 17.6. The summed E-state index contributed by atoms with van der Waals surface area (Å²) in [6.07, 6.45) is 5.75. The second-order valence-corrected chi connectivity index (χ2v) is 10.2. The van der Waals surface area contributed by atoms with Crippen molar-refractivity contribution >= 4 is 58.2 Å². The van der Waals surface area contributed by atoms with Crippen LogP contribution < -0.4 is 10.7 Å². The van der Waals surface area contributed by atoms with Gasteiger partial charge in [-0.1, -0.05) is 77.8 Å². The second kappa shape index (κ2) is 15.1. The molecule has 0 bridgehead atoms. The minimum atomic E-state index is -5.38. The van der Waals surface area contributed by atoms with Crippen LogP contribution in [0.4, 0.5) is 11.7 Å². The maximum atomic E-state index is 13.3. The van der Waals surface area contributed by atoms with Gasteiger partial charge < -0.3 is 5.32 Å². The minimum Gasteiger partial charge on any atom is -0.535 e. The van der Waals surface area contributed by atoms with Crippen molar-refractivity contribution in [2.24, 2.45) is 5.10 Å². The van der Waals surface area contributed by atoms with E-state index < -0.39 is 16.1 Å². The van der Waals surface area contributed by atoms with Crippen molar-refractivity contribution in [2.75, 3.05) is 0 Å². The van der Waals surface area contributed by atoms with Gasteiger partial charge in [-0.05, 0) is 48.6 Å². The normalized spacial score (nSPS) is 14.8. The third-order valence-electron chi connectivity index (χ3n) is 5.64. The Bertz CT molecular complexity index is 1290. The predicted octanol–water partition coefficient (Wildman–Crippen LogP) is 8.38. The van der Waals surface area contributed by atoms with Crippen LogP contribution in [0, 0.1) is 6.54 Å². The first-order valence-corrected chi connectivity index (χ1v) is 13.3. The molecular formula is C27H25Cl2F3N3OSY-. The van der Waals surface area contributed by atoms with Crippen LogP contribution in [0.15, 0.2) is 92.5 Å². The zero-order valence-electron chi connectivity index (χ0n) is 20.5. The van der Waals surface area contributed by atoms with Crippen LogP contribution in [0.3, 0.4) is 0 Å². The number of benzene rings is 2. The maximum absolute atomic E-state index is 13.3. The molecule has 1 radical (unpaired) electrons. The first kappa shape index (κ1) is 32.4. The van der Waals surface area contributed by atoms with Crippen LogP contribution in [0.5, 0.6) is 0 Å². The van der Waals surface area contributed by atoms with E-state index in [0.717, 1.165) is 41.7 Å². The van der Waals surface area contributed by atoms with Crippen molar-refractivity contribution in [3.8, 4) is 0 Å². The Hall–Kier alpha value is -1.84. The van der Waals surface area contributed by atoms with Crippen molar-refractivity contribution in [1.29, 1.82) is 0 Å². The molecule has 2 aromatic carbocycles. The van der Waals surface area contributed by atoms with E-state index in [9.17, 15) is 16.5 Å². The number of allylic oxidation sites excluding steroid dienone is 5.